The SMILES string of the molecule is Cc1ccc(OC(=O)N2CCc3c([nH]c4ccc(Cl)cc34)C2c2ccc(NC(=O)CN(C)C)cc2)cc1. The molecule has 8 heteroatoms. The number of H-pyrrole nitrogens is 1. The number of nitrogens with one attached hydrogen (secondary N) is 2. The van der Waals surface area contributed by atoms with E-state index < -0.39 is 6.09 Å². The molecule has 7 nitrogen and oxygen atoms in total. The van der Waals surface area contributed by atoms with Crippen LogP contribution in [0.25, 0.3) is 10.9 Å². The van der Waals surface area contributed by atoms with Crippen LogP contribution in [0.1, 0.15) is 28.4 Å². The minimum atomic E-state index is -0.417. The molecule has 190 valence electrons. The van der Waals surface area contributed by atoms with E-state index in [0.717, 1.165) is 33.3 Å². The molecule has 2 heterocycles. The second kappa shape index (κ2) is 10.3. The van der Waals surface area contributed by atoms with Crippen molar-refractivity contribution in [2.45, 2.75) is 19.4 Å². The van der Waals surface area contributed by atoms with Crippen LogP contribution in [0.5, 0.6) is 5.75 Å². The molecule has 5 rings (SSSR count). The molecule has 0 fully saturated rings. The maximum atomic E-state index is 13.4. The number of aromatic nitrogens is 1. The lowest BCUT2D eigenvalue weighted by molar-refractivity contribution is -0.116. The van der Waals surface area contributed by atoms with Gasteiger partial charge in [-0.1, -0.05) is 41.4 Å². The summed E-state index contributed by atoms with van der Waals surface area (Å²) in [6, 6.07) is 20.4. The van der Waals surface area contributed by atoms with E-state index >= 15 is 0 Å². The molecule has 1 atom stereocenters. The zero-order chi connectivity index (χ0) is 26.1. The molecule has 0 aliphatic carbocycles. The fourth-order valence-electron chi connectivity index (χ4n) is 4.81. The summed E-state index contributed by atoms with van der Waals surface area (Å²) in [7, 11) is 3.70. The Morgan fingerprint density at radius 3 is 2.51 bits per heavy atom. The highest BCUT2D eigenvalue weighted by Crippen LogP contribution is 2.39. The Labute approximate surface area is 221 Å². The average Bonchev–Trinajstić information content (AvgIpc) is 3.22. The van der Waals surface area contributed by atoms with Gasteiger partial charge in [-0.3, -0.25) is 9.69 Å². The highest BCUT2D eigenvalue weighted by atomic mass is 35.5. The third kappa shape index (κ3) is 5.33. The topological polar surface area (TPSA) is 77.7 Å². The van der Waals surface area contributed by atoms with Gasteiger partial charge < -0.3 is 19.9 Å². The molecule has 0 radical (unpaired) electrons. The number of carbonyl (C=O) groups is 2. The Bertz CT molecular complexity index is 1440. The van der Waals surface area contributed by atoms with Crippen LogP contribution in [-0.2, 0) is 11.2 Å². The molecule has 1 aliphatic rings. The number of aryl methyl sites for hydroxylation is 1. The zero-order valence-corrected chi connectivity index (χ0v) is 21.8. The number of likely N-dealkylation sites (N-methyl/N-ethyl adjacent to an activating group) is 1. The molecule has 37 heavy (non-hydrogen) atoms. The summed E-state index contributed by atoms with van der Waals surface area (Å²) >= 11 is 6.31. The third-order valence-electron chi connectivity index (χ3n) is 6.52. The summed E-state index contributed by atoms with van der Waals surface area (Å²) in [5.74, 6) is 0.413. The maximum absolute atomic E-state index is 13.4. The Balaban J connectivity index is 1.50. The van der Waals surface area contributed by atoms with E-state index in [4.69, 9.17) is 16.3 Å². The first-order chi connectivity index (χ1) is 17.8. The molecule has 0 spiro atoms. The number of benzene rings is 3. The molecule has 0 saturated heterocycles. The average molecular weight is 517 g/mol. The Morgan fingerprint density at radius 2 is 1.81 bits per heavy atom. The van der Waals surface area contributed by atoms with Crippen molar-refractivity contribution >= 4 is 40.2 Å². The van der Waals surface area contributed by atoms with Gasteiger partial charge in [-0.05, 0) is 81.0 Å². The van der Waals surface area contributed by atoms with Crippen LogP contribution in [0.4, 0.5) is 10.5 Å². The second-order valence-corrected chi connectivity index (χ2v) is 10.1. The standard InChI is InChI=1S/C29H29ClN4O3/c1-18-4-11-22(12-5-18)37-29(36)34-15-14-23-24-16-20(30)8-13-25(24)32-27(23)28(34)19-6-9-21(10-7-19)31-26(35)17-33(2)3/h4-13,16,28,32H,14-15,17H2,1-3H3,(H,31,35). The summed E-state index contributed by atoms with van der Waals surface area (Å²) < 4.78 is 5.77. The molecule has 1 aromatic heterocycles. The summed E-state index contributed by atoms with van der Waals surface area (Å²) in [5.41, 5.74) is 5.75. The number of hydrogen-bond donors (Lipinski definition) is 2. The van der Waals surface area contributed by atoms with Crippen molar-refractivity contribution < 1.29 is 14.3 Å². The smallest absolute Gasteiger partial charge is 0.410 e. The molecule has 1 unspecified atom stereocenters. The van der Waals surface area contributed by atoms with E-state index in [1.807, 2.05) is 80.5 Å². The maximum Gasteiger partial charge on any atom is 0.416 e. The molecular weight excluding hydrogens is 488 g/mol. The number of nitrogens with zero attached hydrogens (tertiary/aromatic N) is 2. The molecule has 1 aliphatic heterocycles. The van der Waals surface area contributed by atoms with E-state index in [9.17, 15) is 9.59 Å². The van der Waals surface area contributed by atoms with Crippen molar-refractivity contribution in [2.24, 2.45) is 0 Å². The Morgan fingerprint density at radius 1 is 1.08 bits per heavy atom. The van der Waals surface area contributed by atoms with Gasteiger partial charge in [-0.25, -0.2) is 4.79 Å². The third-order valence-corrected chi connectivity index (χ3v) is 6.75. The van der Waals surface area contributed by atoms with Crippen LogP contribution >= 0.6 is 11.6 Å². The predicted octanol–water partition coefficient (Wildman–Crippen LogP) is 5.78. The zero-order valence-electron chi connectivity index (χ0n) is 21.0. The van der Waals surface area contributed by atoms with Crippen LogP contribution in [0.3, 0.4) is 0 Å². The lowest BCUT2D eigenvalue weighted by Crippen LogP contribution is -2.42. The van der Waals surface area contributed by atoms with Gasteiger partial charge in [-0.2, -0.15) is 0 Å². The van der Waals surface area contributed by atoms with E-state index in [-0.39, 0.29) is 11.9 Å². The van der Waals surface area contributed by atoms with E-state index in [1.54, 1.807) is 17.0 Å². The molecule has 0 saturated carbocycles. The van der Waals surface area contributed by atoms with Gasteiger partial charge in [0.1, 0.15) is 11.8 Å². The quantitative estimate of drug-likeness (QED) is 0.352. The first-order valence-corrected chi connectivity index (χ1v) is 12.6. The number of halogens is 1. The number of carbonyl (C=O) groups excluding carboxylic acids is 2. The van der Waals surface area contributed by atoms with Crippen LogP contribution in [-0.4, -0.2) is 54.0 Å². The monoisotopic (exact) mass is 516 g/mol. The van der Waals surface area contributed by atoms with Crippen LogP contribution in [0.15, 0.2) is 66.7 Å². The number of amides is 2. The first kappa shape index (κ1) is 24.9. The minimum absolute atomic E-state index is 0.0894. The fourth-order valence-corrected chi connectivity index (χ4v) is 4.98. The number of rotatable bonds is 5. The Kier molecular flexibility index (Phi) is 6.91. The van der Waals surface area contributed by atoms with Crippen LogP contribution in [0, 0.1) is 6.92 Å². The minimum Gasteiger partial charge on any atom is -0.410 e. The number of anilines is 1. The van der Waals surface area contributed by atoms with Gasteiger partial charge >= 0.3 is 6.09 Å². The highest BCUT2D eigenvalue weighted by Gasteiger charge is 2.35. The summed E-state index contributed by atoms with van der Waals surface area (Å²) in [4.78, 5) is 32.7. The molecule has 4 aromatic rings. The van der Waals surface area contributed by atoms with E-state index in [1.165, 1.54) is 0 Å². The van der Waals surface area contributed by atoms with Gasteiger partial charge in [-0.15, -0.1) is 0 Å². The number of fused-ring (bicyclic) bond motifs is 3. The summed E-state index contributed by atoms with van der Waals surface area (Å²) in [6.07, 6.45) is 0.257. The molecule has 0 bridgehead atoms. The van der Waals surface area contributed by atoms with Gasteiger partial charge in [0, 0.05) is 33.9 Å². The lowest BCUT2D eigenvalue weighted by atomic mass is 9.92. The lowest BCUT2D eigenvalue weighted by Gasteiger charge is -2.35. The van der Waals surface area contributed by atoms with Crippen molar-refractivity contribution in [3.8, 4) is 5.75 Å². The van der Waals surface area contributed by atoms with Crippen molar-refractivity contribution in [1.29, 1.82) is 0 Å². The molecular formula is C29H29ClN4O3. The second-order valence-electron chi connectivity index (χ2n) is 9.64. The van der Waals surface area contributed by atoms with Gasteiger partial charge in [0.05, 0.1) is 6.54 Å². The molecule has 3 aromatic carbocycles. The number of aromatic amines is 1. The number of hydrogen-bond acceptors (Lipinski definition) is 4. The Hall–Kier alpha value is -3.81. The first-order valence-electron chi connectivity index (χ1n) is 12.2. The van der Waals surface area contributed by atoms with Gasteiger partial charge in [0.2, 0.25) is 5.91 Å². The van der Waals surface area contributed by atoms with Crippen molar-refractivity contribution in [2.75, 3.05) is 32.5 Å². The number of ether oxygens (including phenoxy) is 1. The molecule has 2 N–H and O–H groups in total. The van der Waals surface area contributed by atoms with Crippen LogP contribution in [0.2, 0.25) is 5.02 Å². The van der Waals surface area contributed by atoms with E-state index in [2.05, 4.69) is 10.3 Å². The normalized spacial score (nSPS) is 15.1. The van der Waals surface area contributed by atoms with Gasteiger partial charge in [0.15, 0.2) is 0 Å². The summed E-state index contributed by atoms with van der Waals surface area (Å²) in [6.45, 7) is 2.77. The van der Waals surface area contributed by atoms with Crippen LogP contribution < -0.4 is 10.1 Å². The van der Waals surface area contributed by atoms with E-state index in [0.29, 0.717) is 36.0 Å². The predicted molar refractivity (Wildman–Crippen MR) is 146 cm³/mol. The largest absolute Gasteiger partial charge is 0.416 e. The van der Waals surface area contributed by atoms with Crippen molar-refractivity contribution in [3.63, 3.8) is 0 Å². The fraction of sp³-hybridized carbons (Fsp3) is 0.241. The summed E-state index contributed by atoms with van der Waals surface area (Å²) in [5, 5.41) is 4.65. The van der Waals surface area contributed by atoms with Gasteiger partial charge in [0.25, 0.3) is 0 Å². The highest BCUT2D eigenvalue weighted by molar-refractivity contribution is 6.31. The van der Waals surface area contributed by atoms with Crippen molar-refractivity contribution in [1.82, 2.24) is 14.8 Å². The molecule has 2 amide bonds. The van der Waals surface area contributed by atoms with Crippen molar-refractivity contribution in [3.05, 3.63) is 94.1 Å².